The van der Waals surface area contributed by atoms with Gasteiger partial charge in [-0.3, -0.25) is 4.79 Å². The Balaban J connectivity index is 0. The normalized spacial score (nSPS) is 20.4. The van der Waals surface area contributed by atoms with Crippen LogP contribution in [0.3, 0.4) is 0 Å². The molecule has 0 atom stereocenters. The van der Waals surface area contributed by atoms with Crippen LogP contribution in [0.4, 0.5) is 0 Å². The van der Waals surface area contributed by atoms with Gasteiger partial charge in [0.25, 0.3) is 0 Å². The molecule has 5 N–H and O–H groups in total. The van der Waals surface area contributed by atoms with Crippen LogP contribution in [-0.4, -0.2) is 22.1 Å². The minimum Gasteiger partial charge on any atom is -0.480 e. The summed E-state index contributed by atoms with van der Waals surface area (Å²) in [7, 11) is 0. The number of rotatable bonds is 1. The lowest BCUT2D eigenvalue weighted by molar-refractivity contribution is -0.143. The lowest BCUT2D eigenvalue weighted by atomic mass is 9.92. The molecule has 13 heavy (non-hydrogen) atoms. The van der Waals surface area contributed by atoms with E-state index in [2.05, 4.69) is 0 Å². The molecule has 0 aromatic carbocycles. The zero-order valence-electron chi connectivity index (χ0n) is 7.58. The van der Waals surface area contributed by atoms with E-state index in [1.165, 1.54) is 0 Å². The molecule has 0 aliphatic heterocycles. The van der Waals surface area contributed by atoms with E-state index in [0.29, 0.717) is 12.8 Å². The summed E-state index contributed by atoms with van der Waals surface area (Å²) in [6.07, 6.45) is 5.47. The Morgan fingerprint density at radius 3 is 1.85 bits per heavy atom. The summed E-state index contributed by atoms with van der Waals surface area (Å²) in [5.41, 5.74) is 4.78. The molecule has 80 valence electrons. The van der Waals surface area contributed by atoms with E-state index < -0.39 is 11.5 Å². The van der Waals surface area contributed by atoms with Crippen LogP contribution in [0.1, 0.15) is 38.5 Å². The number of nitrogens with two attached hydrogens (primary N) is 1. The van der Waals surface area contributed by atoms with Gasteiger partial charge < -0.3 is 16.3 Å². The second kappa shape index (κ2) is 6.34. The summed E-state index contributed by atoms with van der Waals surface area (Å²) in [5, 5.41) is 8.80. The van der Waals surface area contributed by atoms with Crippen molar-refractivity contribution < 1.29 is 15.4 Å². The fraction of sp³-hybridized carbons (Fsp3) is 0.875. The van der Waals surface area contributed by atoms with E-state index in [4.69, 9.17) is 10.8 Å². The monoisotopic (exact) mass is 255 g/mol. The van der Waals surface area contributed by atoms with Gasteiger partial charge in [-0.1, -0.05) is 25.7 Å². The van der Waals surface area contributed by atoms with Crippen LogP contribution in [-0.2, 0) is 4.79 Å². The van der Waals surface area contributed by atoms with E-state index in [1.54, 1.807) is 0 Å². The summed E-state index contributed by atoms with van der Waals surface area (Å²) in [6.45, 7) is 0. The molecule has 5 heteroatoms. The first-order valence-corrected chi connectivity index (χ1v) is 4.17. The molecule has 0 spiro atoms. The van der Waals surface area contributed by atoms with Crippen molar-refractivity contribution in [3.05, 3.63) is 0 Å². The Kier molecular flexibility index (Phi) is 7.49. The van der Waals surface area contributed by atoms with Crippen molar-refractivity contribution in [2.75, 3.05) is 0 Å². The van der Waals surface area contributed by atoms with E-state index in [1.807, 2.05) is 0 Å². The van der Waals surface area contributed by atoms with Crippen molar-refractivity contribution >= 4 is 23.0 Å². The number of carboxylic acids is 1. The molecule has 0 heterocycles. The molecule has 1 rings (SSSR count). The highest BCUT2D eigenvalue weighted by molar-refractivity contribution is 8.93. The Morgan fingerprint density at radius 2 is 1.54 bits per heavy atom. The summed E-state index contributed by atoms with van der Waals surface area (Å²) >= 11 is 0. The van der Waals surface area contributed by atoms with Crippen LogP contribution in [0.15, 0.2) is 0 Å². The maximum atomic E-state index is 10.7. The van der Waals surface area contributed by atoms with Gasteiger partial charge in [0.05, 0.1) is 0 Å². The zero-order chi connectivity index (χ0) is 8.32. The molecule has 1 fully saturated rings. The summed E-state index contributed by atoms with van der Waals surface area (Å²) < 4.78 is 0. The molecule has 0 unspecified atom stereocenters. The number of carboxylic acid groups (broad SMARTS) is 1. The van der Waals surface area contributed by atoms with Crippen molar-refractivity contribution in [2.45, 2.75) is 44.1 Å². The Morgan fingerprint density at radius 1 is 1.15 bits per heavy atom. The number of aliphatic carboxylic acids is 1. The molecule has 0 amide bonds. The van der Waals surface area contributed by atoms with Crippen molar-refractivity contribution in [3.8, 4) is 0 Å². The molecule has 0 bridgehead atoms. The minimum absolute atomic E-state index is 0. The van der Waals surface area contributed by atoms with Crippen molar-refractivity contribution in [2.24, 2.45) is 5.73 Å². The van der Waals surface area contributed by atoms with Crippen LogP contribution in [0.2, 0.25) is 0 Å². The largest absolute Gasteiger partial charge is 0.480 e. The fourth-order valence-electron chi connectivity index (χ4n) is 1.57. The number of carbonyl (C=O) groups is 1. The van der Waals surface area contributed by atoms with E-state index in [0.717, 1.165) is 25.7 Å². The topological polar surface area (TPSA) is 94.8 Å². The van der Waals surface area contributed by atoms with Gasteiger partial charge in [0.2, 0.25) is 0 Å². The lowest BCUT2D eigenvalue weighted by Gasteiger charge is -2.21. The van der Waals surface area contributed by atoms with Crippen LogP contribution < -0.4 is 5.73 Å². The molecule has 1 aliphatic carbocycles. The van der Waals surface area contributed by atoms with Gasteiger partial charge in [-0.15, -0.1) is 17.0 Å². The molecule has 1 aliphatic rings. The minimum atomic E-state index is -0.920. The highest BCUT2D eigenvalue weighted by Crippen LogP contribution is 2.24. The smallest absolute Gasteiger partial charge is 0.323 e. The molecule has 0 saturated heterocycles. The predicted octanol–water partition coefficient (Wildman–Crippen LogP) is 0.876. The SMILES string of the molecule is Br.NC1(C(=O)O)CCCCCC1.O. The summed E-state index contributed by atoms with van der Waals surface area (Å²) in [6, 6.07) is 0. The van der Waals surface area contributed by atoms with Crippen LogP contribution in [0.25, 0.3) is 0 Å². The van der Waals surface area contributed by atoms with E-state index in [-0.39, 0.29) is 22.5 Å². The van der Waals surface area contributed by atoms with Gasteiger partial charge in [0, 0.05) is 0 Å². The third kappa shape index (κ3) is 4.06. The second-order valence-electron chi connectivity index (χ2n) is 3.38. The van der Waals surface area contributed by atoms with Crippen LogP contribution in [0.5, 0.6) is 0 Å². The summed E-state index contributed by atoms with van der Waals surface area (Å²) in [5.74, 6) is -0.834. The summed E-state index contributed by atoms with van der Waals surface area (Å²) in [4.78, 5) is 10.7. The molecular weight excluding hydrogens is 238 g/mol. The highest BCUT2D eigenvalue weighted by atomic mass is 79.9. The highest BCUT2D eigenvalue weighted by Gasteiger charge is 2.33. The number of hydrogen-bond acceptors (Lipinski definition) is 2. The Hall–Kier alpha value is -0.130. The van der Waals surface area contributed by atoms with E-state index >= 15 is 0 Å². The molecule has 0 radical (unpaired) electrons. The van der Waals surface area contributed by atoms with Gasteiger partial charge >= 0.3 is 5.97 Å². The maximum Gasteiger partial charge on any atom is 0.323 e. The molecular formula is C8H18BrNO3. The Bertz CT molecular complexity index is 155. The fourth-order valence-corrected chi connectivity index (χ4v) is 1.57. The zero-order valence-corrected chi connectivity index (χ0v) is 9.30. The molecule has 0 aromatic rings. The molecule has 4 nitrogen and oxygen atoms in total. The lowest BCUT2D eigenvalue weighted by Crippen LogP contribution is -2.47. The Labute approximate surface area is 88.6 Å². The van der Waals surface area contributed by atoms with Crippen molar-refractivity contribution in [1.29, 1.82) is 0 Å². The average Bonchev–Trinajstić information content (AvgIpc) is 2.15. The molecule has 0 aromatic heterocycles. The standard InChI is InChI=1S/C8H15NO2.BrH.H2O/c9-8(7(10)11)5-3-1-2-4-6-8;;/h1-6,9H2,(H,10,11);1H;1H2. The van der Waals surface area contributed by atoms with Gasteiger partial charge in [0.1, 0.15) is 5.54 Å². The van der Waals surface area contributed by atoms with Crippen molar-refractivity contribution in [3.63, 3.8) is 0 Å². The van der Waals surface area contributed by atoms with Gasteiger partial charge in [0.15, 0.2) is 0 Å². The van der Waals surface area contributed by atoms with Crippen molar-refractivity contribution in [1.82, 2.24) is 0 Å². The first-order chi connectivity index (χ1) is 5.15. The van der Waals surface area contributed by atoms with Gasteiger partial charge in [-0.05, 0) is 12.8 Å². The quantitative estimate of drug-likeness (QED) is 0.681. The van der Waals surface area contributed by atoms with Crippen LogP contribution >= 0.6 is 17.0 Å². The third-order valence-electron chi connectivity index (χ3n) is 2.42. The van der Waals surface area contributed by atoms with Gasteiger partial charge in [-0.2, -0.15) is 0 Å². The first-order valence-electron chi connectivity index (χ1n) is 4.17. The second-order valence-corrected chi connectivity index (χ2v) is 3.38. The first kappa shape index (κ1) is 15.3. The third-order valence-corrected chi connectivity index (χ3v) is 2.42. The number of hydrogen-bond donors (Lipinski definition) is 2. The maximum absolute atomic E-state index is 10.7. The average molecular weight is 256 g/mol. The molecule has 1 saturated carbocycles. The van der Waals surface area contributed by atoms with E-state index in [9.17, 15) is 4.79 Å². The predicted molar refractivity (Wildman–Crippen MR) is 56.2 cm³/mol. The van der Waals surface area contributed by atoms with Gasteiger partial charge in [-0.25, -0.2) is 0 Å². The van der Waals surface area contributed by atoms with Crippen LogP contribution in [0, 0.1) is 0 Å². The number of halogens is 1.